The fraction of sp³-hybridized carbons (Fsp3) is 0.154. The van der Waals surface area contributed by atoms with E-state index in [-0.39, 0.29) is 4.90 Å². The van der Waals surface area contributed by atoms with Crippen LogP contribution in [0.25, 0.3) is 10.8 Å². The number of fused-ring (bicyclic) bond motifs is 1. The molecule has 2 aromatic carbocycles. The number of sulfonamides is 1. The molecular weight excluding hydrogens is 316 g/mol. The lowest BCUT2D eigenvalue weighted by molar-refractivity contribution is -0.139. The van der Waals surface area contributed by atoms with Crippen molar-refractivity contribution in [1.29, 1.82) is 0 Å². The molecule has 2 unspecified atom stereocenters. The van der Waals surface area contributed by atoms with Gasteiger partial charge >= 0.3 is 5.97 Å². The Bertz CT molecular complexity index is 794. The topological polar surface area (TPSA) is 83.5 Å². The summed E-state index contributed by atoms with van der Waals surface area (Å²) in [6, 6.07) is 7.96. The molecule has 0 spiro atoms. The second kappa shape index (κ2) is 6.05. The fourth-order valence-electron chi connectivity index (χ4n) is 1.94. The summed E-state index contributed by atoms with van der Waals surface area (Å²) < 4.78 is 39.0. The summed E-state index contributed by atoms with van der Waals surface area (Å²) in [5.41, 5.74) is 0. The zero-order chi connectivity index (χ0) is 15.6. The standard InChI is InChI=1S/C13H13FNO4PS/c14-7-10(13(16)17)15-21(18,19)12-6-2-3-8-9(12)4-1-5-11(8)20/h1-6,10,15H,7,20H2,(H,16,17). The van der Waals surface area contributed by atoms with E-state index in [2.05, 4.69) is 9.24 Å². The average molecular weight is 329 g/mol. The molecule has 0 aliphatic rings. The third-order valence-electron chi connectivity index (χ3n) is 2.96. The van der Waals surface area contributed by atoms with Crippen LogP contribution in [-0.2, 0) is 14.8 Å². The van der Waals surface area contributed by atoms with E-state index >= 15 is 0 Å². The quantitative estimate of drug-likeness (QED) is 0.803. The number of halogens is 1. The molecular formula is C13H13FNO4PS. The smallest absolute Gasteiger partial charge is 0.324 e. The molecule has 0 aromatic heterocycles. The molecule has 2 atom stereocenters. The Balaban J connectivity index is 2.55. The minimum Gasteiger partial charge on any atom is -0.480 e. The molecule has 2 rings (SSSR count). The van der Waals surface area contributed by atoms with Gasteiger partial charge in [-0.05, 0) is 16.8 Å². The molecule has 2 aromatic rings. The second-order valence-electron chi connectivity index (χ2n) is 4.36. The summed E-state index contributed by atoms with van der Waals surface area (Å²) in [6.45, 7) is -1.33. The Morgan fingerprint density at radius 3 is 2.48 bits per heavy atom. The summed E-state index contributed by atoms with van der Waals surface area (Å²) >= 11 is 0. The maximum Gasteiger partial charge on any atom is 0.324 e. The first kappa shape index (κ1) is 15.8. The maximum absolute atomic E-state index is 12.6. The molecule has 0 saturated heterocycles. The number of hydrogen-bond donors (Lipinski definition) is 2. The molecule has 0 fully saturated rings. The number of carboxylic acid groups (broad SMARTS) is 1. The van der Waals surface area contributed by atoms with Gasteiger partial charge < -0.3 is 5.11 Å². The van der Waals surface area contributed by atoms with E-state index in [1.165, 1.54) is 6.07 Å². The number of carboxylic acids is 1. The van der Waals surface area contributed by atoms with E-state index in [9.17, 15) is 17.6 Å². The number of carbonyl (C=O) groups is 1. The Hall–Kier alpha value is -1.56. The van der Waals surface area contributed by atoms with Crippen molar-refractivity contribution in [2.45, 2.75) is 10.9 Å². The van der Waals surface area contributed by atoms with Crippen molar-refractivity contribution in [2.24, 2.45) is 0 Å². The van der Waals surface area contributed by atoms with Gasteiger partial charge in [-0.2, -0.15) is 4.72 Å². The van der Waals surface area contributed by atoms with Gasteiger partial charge in [0, 0.05) is 5.39 Å². The SMILES string of the molecule is O=C(O)C(CF)NS(=O)(=O)c1cccc2c(P)cccc12. The average Bonchev–Trinajstić information content (AvgIpc) is 2.44. The number of benzene rings is 2. The highest BCUT2D eigenvalue weighted by atomic mass is 32.2. The summed E-state index contributed by atoms with van der Waals surface area (Å²) in [5.74, 6) is -1.56. The van der Waals surface area contributed by atoms with Crippen LogP contribution in [-0.4, -0.2) is 32.2 Å². The molecule has 0 aliphatic carbocycles. The van der Waals surface area contributed by atoms with Gasteiger partial charge in [0.15, 0.2) is 0 Å². The highest BCUT2D eigenvalue weighted by Crippen LogP contribution is 2.23. The number of rotatable bonds is 5. The molecule has 112 valence electrons. The number of alkyl halides is 1. The van der Waals surface area contributed by atoms with Gasteiger partial charge in [0.1, 0.15) is 12.7 Å². The first-order valence-corrected chi connectivity index (χ1v) is 8.01. The summed E-state index contributed by atoms with van der Waals surface area (Å²) in [6.07, 6.45) is 0. The van der Waals surface area contributed by atoms with Crippen molar-refractivity contribution in [2.75, 3.05) is 6.67 Å². The lowest BCUT2D eigenvalue weighted by Crippen LogP contribution is -2.42. The predicted molar refractivity (Wildman–Crippen MR) is 81.0 cm³/mol. The molecule has 21 heavy (non-hydrogen) atoms. The van der Waals surface area contributed by atoms with Crippen molar-refractivity contribution in [3.63, 3.8) is 0 Å². The van der Waals surface area contributed by atoms with E-state index in [0.717, 1.165) is 5.30 Å². The Kier molecular flexibility index (Phi) is 4.56. The van der Waals surface area contributed by atoms with Crippen LogP contribution in [0.5, 0.6) is 0 Å². The van der Waals surface area contributed by atoms with Crippen molar-refractivity contribution in [1.82, 2.24) is 4.72 Å². The van der Waals surface area contributed by atoms with Crippen LogP contribution in [0.15, 0.2) is 41.3 Å². The molecule has 0 radical (unpaired) electrons. The van der Waals surface area contributed by atoms with E-state index in [4.69, 9.17) is 5.11 Å². The Morgan fingerprint density at radius 2 is 1.86 bits per heavy atom. The third-order valence-corrected chi connectivity index (χ3v) is 4.99. The van der Waals surface area contributed by atoms with E-state index in [1.54, 1.807) is 30.3 Å². The molecule has 0 amide bonds. The minimum atomic E-state index is -4.14. The van der Waals surface area contributed by atoms with Crippen molar-refractivity contribution in [3.05, 3.63) is 36.4 Å². The van der Waals surface area contributed by atoms with Crippen molar-refractivity contribution in [3.8, 4) is 0 Å². The van der Waals surface area contributed by atoms with Crippen LogP contribution in [0, 0.1) is 0 Å². The number of aliphatic carboxylic acids is 1. The van der Waals surface area contributed by atoms with Gasteiger partial charge in [0.25, 0.3) is 0 Å². The van der Waals surface area contributed by atoms with E-state index < -0.39 is 28.7 Å². The van der Waals surface area contributed by atoms with Gasteiger partial charge in [-0.3, -0.25) is 4.79 Å². The van der Waals surface area contributed by atoms with Crippen molar-refractivity contribution >= 4 is 41.3 Å². The highest BCUT2D eigenvalue weighted by Gasteiger charge is 2.26. The number of nitrogens with one attached hydrogen (secondary N) is 1. The van der Waals surface area contributed by atoms with Crippen LogP contribution in [0.4, 0.5) is 4.39 Å². The Morgan fingerprint density at radius 1 is 1.24 bits per heavy atom. The predicted octanol–water partition coefficient (Wildman–Crippen LogP) is 1.04. The molecule has 5 nitrogen and oxygen atoms in total. The maximum atomic E-state index is 12.6. The lowest BCUT2D eigenvalue weighted by atomic mass is 10.1. The van der Waals surface area contributed by atoms with Crippen LogP contribution in [0.1, 0.15) is 0 Å². The van der Waals surface area contributed by atoms with Crippen LogP contribution >= 0.6 is 9.24 Å². The Labute approximate surface area is 123 Å². The van der Waals surface area contributed by atoms with Gasteiger partial charge in [0.2, 0.25) is 10.0 Å². The fourth-order valence-corrected chi connectivity index (χ4v) is 3.69. The summed E-state index contributed by atoms with van der Waals surface area (Å²) in [5, 5.41) is 10.7. The third kappa shape index (κ3) is 3.20. The zero-order valence-electron chi connectivity index (χ0n) is 10.8. The van der Waals surface area contributed by atoms with Crippen LogP contribution < -0.4 is 10.0 Å². The first-order valence-electron chi connectivity index (χ1n) is 5.95. The first-order chi connectivity index (χ1) is 9.86. The van der Waals surface area contributed by atoms with Crippen LogP contribution in [0.2, 0.25) is 0 Å². The van der Waals surface area contributed by atoms with E-state index in [1.807, 2.05) is 4.72 Å². The minimum absolute atomic E-state index is 0.0796. The molecule has 2 N–H and O–H groups in total. The monoisotopic (exact) mass is 329 g/mol. The van der Waals surface area contributed by atoms with Gasteiger partial charge in [-0.25, -0.2) is 12.8 Å². The summed E-state index contributed by atoms with van der Waals surface area (Å²) in [4.78, 5) is 10.7. The summed E-state index contributed by atoms with van der Waals surface area (Å²) in [7, 11) is -1.64. The zero-order valence-corrected chi connectivity index (χ0v) is 12.8. The lowest BCUT2D eigenvalue weighted by Gasteiger charge is -2.13. The van der Waals surface area contributed by atoms with Crippen molar-refractivity contribution < 1.29 is 22.7 Å². The molecule has 0 aliphatic heterocycles. The van der Waals surface area contributed by atoms with Crippen LogP contribution in [0.3, 0.4) is 0 Å². The second-order valence-corrected chi connectivity index (χ2v) is 6.67. The van der Waals surface area contributed by atoms with E-state index in [0.29, 0.717) is 10.8 Å². The number of hydrogen-bond acceptors (Lipinski definition) is 3. The van der Waals surface area contributed by atoms with Gasteiger partial charge in [-0.15, -0.1) is 9.24 Å². The largest absolute Gasteiger partial charge is 0.480 e. The molecule has 0 saturated carbocycles. The highest BCUT2D eigenvalue weighted by molar-refractivity contribution is 7.89. The molecule has 0 bridgehead atoms. The van der Waals surface area contributed by atoms with Gasteiger partial charge in [-0.1, -0.05) is 30.3 Å². The molecule has 0 heterocycles. The normalized spacial score (nSPS) is 13.2. The molecule has 8 heteroatoms. The van der Waals surface area contributed by atoms with Gasteiger partial charge in [0.05, 0.1) is 4.90 Å².